The monoisotopic (exact) mass is 271 g/mol. The summed E-state index contributed by atoms with van der Waals surface area (Å²) in [6.45, 7) is 3.81. The van der Waals surface area contributed by atoms with Gasteiger partial charge in [-0.2, -0.15) is 0 Å². The highest BCUT2D eigenvalue weighted by molar-refractivity contribution is 6.67. The summed E-state index contributed by atoms with van der Waals surface area (Å²) in [6, 6.07) is -0.791. The molecule has 1 aliphatic rings. The van der Waals surface area contributed by atoms with Gasteiger partial charge in [0.15, 0.2) is 3.79 Å². The molecular weight excluding hydrogens is 260 g/mol. The summed E-state index contributed by atoms with van der Waals surface area (Å²) in [6.07, 6.45) is 0.853. The second-order valence-corrected chi connectivity index (χ2v) is 6.34. The first-order valence-corrected chi connectivity index (χ1v) is 5.72. The molecule has 0 N–H and O–H groups in total. The minimum atomic E-state index is -1.57. The van der Waals surface area contributed by atoms with Crippen LogP contribution in [0.5, 0.6) is 0 Å². The lowest BCUT2D eigenvalue weighted by atomic mass is 9.82. The number of alkyl halides is 3. The molecule has 0 saturated carbocycles. The molecule has 2 atom stereocenters. The van der Waals surface area contributed by atoms with E-state index in [1.807, 2.05) is 13.8 Å². The van der Waals surface area contributed by atoms with Crippen molar-refractivity contribution in [3.05, 3.63) is 21.3 Å². The Morgan fingerprint density at radius 1 is 1.27 bits per heavy atom. The average molecular weight is 273 g/mol. The molecule has 0 aromatic heterocycles. The Balaban J connectivity index is 3.00. The maximum absolute atomic E-state index is 10.9. The fourth-order valence-corrected chi connectivity index (χ4v) is 2.49. The third-order valence-electron chi connectivity index (χ3n) is 2.93. The topological polar surface area (TPSA) is 43.1 Å². The standard InChI is InChI=1S/C9H12Cl3NO2/c1-5-3-7(9(10,11)12)8(13(14)15)4-6(5)2/h7-8H,3-4H2,1-2H3/t7-,8+/m1/s1. The van der Waals surface area contributed by atoms with Crippen molar-refractivity contribution in [1.29, 1.82) is 0 Å². The van der Waals surface area contributed by atoms with Crippen LogP contribution >= 0.6 is 34.8 Å². The van der Waals surface area contributed by atoms with E-state index in [0.717, 1.165) is 11.1 Å². The minimum Gasteiger partial charge on any atom is -0.264 e. The first kappa shape index (κ1) is 13.1. The van der Waals surface area contributed by atoms with Crippen LogP contribution in [-0.2, 0) is 0 Å². The van der Waals surface area contributed by atoms with E-state index in [-0.39, 0.29) is 4.92 Å². The number of hydrogen-bond acceptors (Lipinski definition) is 2. The van der Waals surface area contributed by atoms with E-state index in [1.54, 1.807) is 0 Å². The zero-order valence-electron chi connectivity index (χ0n) is 8.47. The van der Waals surface area contributed by atoms with Crippen molar-refractivity contribution in [1.82, 2.24) is 0 Å². The Morgan fingerprint density at radius 2 is 1.73 bits per heavy atom. The van der Waals surface area contributed by atoms with Crippen molar-refractivity contribution in [2.45, 2.75) is 36.5 Å². The van der Waals surface area contributed by atoms with Crippen LogP contribution < -0.4 is 0 Å². The highest BCUT2D eigenvalue weighted by atomic mass is 35.6. The largest absolute Gasteiger partial charge is 0.264 e. The van der Waals surface area contributed by atoms with Gasteiger partial charge in [0.05, 0.1) is 5.92 Å². The molecule has 0 aliphatic heterocycles. The smallest absolute Gasteiger partial charge is 0.224 e. The number of nitro groups is 1. The molecule has 0 radical (unpaired) electrons. The molecule has 0 bridgehead atoms. The van der Waals surface area contributed by atoms with Crippen molar-refractivity contribution < 1.29 is 4.92 Å². The van der Waals surface area contributed by atoms with E-state index >= 15 is 0 Å². The van der Waals surface area contributed by atoms with Crippen molar-refractivity contribution >= 4 is 34.8 Å². The molecule has 0 unspecified atom stereocenters. The summed E-state index contributed by atoms with van der Waals surface area (Å²) in [5, 5.41) is 10.9. The lowest BCUT2D eigenvalue weighted by Gasteiger charge is -2.31. The fraction of sp³-hybridized carbons (Fsp3) is 0.778. The van der Waals surface area contributed by atoms with Gasteiger partial charge in [-0.3, -0.25) is 10.1 Å². The predicted octanol–water partition coefficient (Wildman–Crippen LogP) is 3.75. The second kappa shape index (κ2) is 4.48. The van der Waals surface area contributed by atoms with Crippen molar-refractivity contribution in [3.8, 4) is 0 Å². The van der Waals surface area contributed by atoms with E-state index in [0.29, 0.717) is 12.8 Å². The fourth-order valence-electron chi connectivity index (χ4n) is 1.83. The van der Waals surface area contributed by atoms with Crippen LogP contribution in [0.1, 0.15) is 26.7 Å². The van der Waals surface area contributed by atoms with Gasteiger partial charge in [-0.25, -0.2) is 0 Å². The van der Waals surface area contributed by atoms with Gasteiger partial charge in [-0.1, -0.05) is 45.9 Å². The molecule has 0 spiro atoms. The zero-order valence-corrected chi connectivity index (χ0v) is 10.7. The maximum atomic E-state index is 10.9. The number of hydrogen-bond donors (Lipinski definition) is 0. The Hall–Kier alpha value is 0.01000. The molecule has 15 heavy (non-hydrogen) atoms. The van der Waals surface area contributed by atoms with Crippen LogP contribution in [0.2, 0.25) is 0 Å². The van der Waals surface area contributed by atoms with Crippen LogP contribution in [-0.4, -0.2) is 14.8 Å². The third kappa shape index (κ3) is 2.99. The van der Waals surface area contributed by atoms with Crippen molar-refractivity contribution in [3.63, 3.8) is 0 Å². The minimum absolute atomic E-state index is 0.345. The van der Waals surface area contributed by atoms with Crippen LogP contribution in [0.15, 0.2) is 11.1 Å². The zero-order chi connectivity index (χ0) is 11.8. The van der Waals surface area contributed by atoms with Gasteiger partial charge in [0.25, 0.3) is 0 Å². The summed E-state index contributed by atoms with van der Waals surface area (Å²) < 4.78 is -1.57. The molecule has 1 aliphatic carbocycles. The highest BCUT2D eigenvalue weighted by Crippen LogP contribution is 2.45. The molecule has 1 rings (SSSR count). The van der Waals surface area contributed by atoms with Gasteiger partial charge in [0.1, 0.15) is 0 Å². The number of rotatable bonds is 1. The van der Waals surface area contributed by atoms with Crippen LogP contribution in [0.25, 0.3) is 0 Å². The quantitative estimate of drug-likeness (QED) is 0.316. The van der Waals surface area contributed by atoms with Gasteiger partial charge in [0.2, 0.25) is 6.04 Å². The number of nitrogens with zero attached hydrogens (tertiary/aromatic N) is 1. The first-order chi connectivity index (χ1) is 6.73. The summed E-state index contributed by atoms with van der Waals surface area (Å²) in [5.74, 6) is -0.541. The van der Waals surface area contributed by atoms with Crippen molar-refractivity contribution in [2.24, 2.45) is 5.92 Å². The number of halogens is 3. The Kier molecular flexibility index (Phi) is 3.90. The van der Waals surface area contributed by atoms with Crippen LogP contribution in [0.3, 0.4) is 0 Å². The third-order valence-corrected chi connectivity index (χ3v) is 3.77. The van der Waals surface area contributed by atoms with Gasteiger partial charge in [0, 0.05) is 11.3 Å². The molecule has 0 aromatic rings. The summed E-state index contributed by atoms with van der Waals surface area (Å²) >= 11 is 17.3. The molecule has 0 heterocycles. The van der Waals surface area contributed by atoms with Gasteiger partial charge in [-0.15, -0.1) is 0 Å². The molecule has 0 saturated heterocycles. The molecular formula is C9H12Cl3NO2. The summed E-state index contributed by atoms with van der Waals surface area (Å²) in [7, 11) is 0. The van der Waals surface area contributed by atoms with Gasteiger partial charge in [-0.05, 0) is 20.3 Å². The highest BCUT2D eigenvalue weighted by Gasteiger charge is 2.47. The molecule has 86 valence electrons. The molecule has 3 nitrogen and oxygen atoms in total. The average Bonchev–Trinajstić information content (AvgIpc) is 2.06. The van der Waals surface area contributed by atoms with E-state index in [2.05, 4.69) is 0 Å². The lowest BCUT2D eigenvalue weighted by molar-refractivity contribution is -0.532. The lowest BCUT2D eigenvalue weighted by Crippen LogP contribution is -2.40. The van der Waals surface area contributed by atoms with Crippen molar-refractivity contribution in [2.75, 3.05) is 0 Å². The molecule has 0 fully saturated rings. The van der Waals surface area contributed by atoms with E-state index in [9.17, 15) is 10.1 Å². The summed E-state index contributed by atoms with van der Waals surface area (Å²) in [5.41, 5.74) is 2.12. The Morgan fingerprint density at radius 3 is 2.13 bits per heavy atom. The molecule has 0 aromatic carbocycles. The Bertz CT molecular complexity index is 309. The van der Waals surface area contributed by atoms with Gasteiger partial charge < -0.3 is 0 Å². The van der Waals surface area contributed by atoms with E-state index in [4.69, 9.17) is 34.8 Å². The normalized spacial score (nSPS) is 28.1. The first-order valence-electron chi connectivity index (χ1n) is 4.59. The van der Waals surface area contributed by atoms with E-state index < -0.39 is 15.8 Å². The van der Waals surface area contributed by atoms with Crippen LogP contribution in [0.4, 0.5) is 0 Å². The SMILES string of the molecule is CC1=C(C)C[C@H]([N+](=O)[O-])[C@H](C(Cl)(Cl)Cl)C1. The Labute approximate surface area is 104 Å². The number of allylic oxidation sites excluding steroid dienone is 1. The molecule has 6 heteroatoms. The predicted molar refractivity (Wildman–Crippen MR) is 62.2 cm³/mol. The summed E-state index contributed by atoms with van der Waals surface area (Å²) in [4.78, 5) is 10.5. The molecule has 0 amide bonds. The van der Waals surface area contributed by atoms with E-state index in [1.165, 1.54) is 0 Å². The van der Waals surface area contributed by atoms with Gasteiger partial charge >= 0.3 is 0 Å². The maximum Gasteiger partial charge on any atom is 0.224 e. The second-order valence-electron chi connectivity index (χ2n) is 3.97. The van der Waals surface area contributed by atoms with Crippen LogP contribution in [0, 0.1) is 16.0 Å².